The first kappa shape index (κ1) is 21.4. The molecule has 0 aromatic heterocycles. The van der Waals surface area contributed by atoms with Crippen molar-refractivity contribution < 1.29 is 18.7 Å². The van der Waals surface area contributed by atoms with Crippen molar-refractivity contribution in [3.05, 3.63) is 58.9 Å². The van der Waals surface area contributed by atoms with Crippen LogP contribution in [0.1, 0.15) is 18.9 Å². The maximum absolute atomic E-state index is 14.0. The number of hydrogen-bond acceptors (Lipinski definition) is 4. The SMILES string of the molecule is CCOC(=O)[C@H](COC)C[C@H](N)Cc1ccc(-c2cc(Cl)ccc2F)cc1. The van der Waals surface area contributed by atoms with Gasteiger partial charge in [-0.3, -0.25) is 4.79 Å². The van der Waals surface area contributed by atoms with Crippen LogP contribution < -0.4 is 5.73 Å². The summed E-state index contributed by atoms with van der Waals surface area (Å²) in [6, 6.07) is 11.8. The second-order valence-corrected chi connectivity index (χ2v) is 6.86. The van der Waals surface area contributed by atoms with Crippen LogP contribution in [0.15, 0.2) is 42.5 Å². The zero-order valence-electron chi connectivity index (χ0n) is 15.6. The molecular weight excluding hydrogens is 369 g/mol. The molecule has 0 bridgehead atoms. The summed E-state index contributed by atoms with van der Waals surface area (Å²) < 4.78 is 24.2. The van der Waals surface area contributed by atoms with Crippen LogP contribution in [0, 0.1) is 11.7 Å². The number of rotatable bonds is 9. The van der Waals surface area contributed by atoms with Crippen molar-refractivity contribution in [3.8, 4) is 11.1 Å². The predicted octanol–water partition coefficient (Wildman–Crippen LogP) is 4.23. The predicted molar refractivity (Wildman–Crippen MR) is 105 cm³/mol. The molecule has 0 spiro atoms. The Morgan fingerprint density at radius 1 is 1.22 bits per heavy atom. The van der Waals surface area contributed by atoms with Crippen molar-refractivity contribution in [2.75, 3.05) is 20.3 Å². The van der Waals surface area contributed by atoms with Gasteiger partial charge in [0.2, 0.25) is 0 Å². The van der Waals surface area contributed by atoms with Crippen LogP contribution >= 0.6 is 11.6 Å². The van der Waals surface area contributed by atoms with E-state index in [4.69, 9.17) is 26.8 Å². The zero-order valence-corrected chi connectivity index (χ0v) is 16.3. The third-order valence-electron chi connectivity index (χ3n) is 4.27. The molecule has 0 saturated heterocycles. The molecule has 0 radical (unpaired) electrons. The Morgan fingerprint density at radius 3 is 2.56 bits per heavy atom. The lowest BCUT2D eigenvalue weighted by atomic mass is 9.95. The number of halogens is 2. The molecule has 2 rings (SSSR count). The Kier molecular flexibility index (Phi) is 8.23. The molecule has 0 fully saturated rings. The molecule has 0 heterocycles. The molecule has 0 aliphatic carbocycles. The molecule has 0 amide bonds. The first-order chi connectivity index (χ1) is 12.9. The summed E-state index contributed by atoms with van der Waals surface area (Å²) in [5.74, 6) is -0.993. The summed E-state index contributed by atoms with van der Waals surface area (Å²) >= 11 is 5.96. The van der Waals surface area contributed by atoms with Gasteiger partial charge in [0, 0.05) is 23.7 Å². The highest BCUT2D eigenvalue weighted by Crippen LogP contribution is 2.26. The Labute approximate surface area is 164 Å². The van der Waals surface area contributed by atoms with Crippen LogP contribution in [0.25, 0.3) is 11.1 Å². The molecule has 0 aliphatic rings. The Bertz CT molecular complexity index is 752. The lowest BCUT2D eigenvalue weighted by molar-refractivity contribution is -0.150. The molecule has 2 atom stereocenters. The number of methoxy groups -OCH3 is 1. The number of esters is 1. The number of benzene rings is 2. The molecular formula is C21H25ClFNO3. The molecule has 0 aliphatic heterocycles. The van der Waals surface area contributed by atoms with Gasteiger partial charge in [-0.25, -0.2) is 4.39 Å². The minimum atomic E-state index is -0.384. The van der Waals surface area contributed by atoms with E-state index in [0.717, 1.165) is 11.1 Å². The standard InChI is InChI=1S/C21H25ClFNO3/c1-3-27-21(25)16(13-26-2)11-18(24)10-14-4-6-15(7-5-14)19-12-17(22)8-9-20(19)23/h4-9,12,16,18H,3,10-11,13,24H2,1-2H3/t16-,18+/m0/s1. The molecule has 146 valence electrons. The summed E-state index contributed by atoms with van der Waals surface area (Å²) in [6.07, 6.45) is 1.06. The van der Waals surface area contributed by atoms with Crippen LogP contribution in [0.2, 0.25) is 5.02 Å². The highest BCUT2D eigenvalue weighted by atomic mass is 35.5. The van der Waals surface area contributed by atoms with E-state index in [1.807, 2.05) is 24.3 Å². The second-order valence-electron chi connectivity index (χ2n) is 6.43. The minimum Gasteiger partial charge on any atom is -0.466 e. The van der Waals surface area contributed by atoms with Gasteiger partial charge in [0.15, 0.2) is 0 Å². The fourth-order valence-corrected chi connectivity index (χ4v) is 3.16. The van der Waals surface area contributed by atoms with E-state index in [2.05, 4.69) is 0 Å². The van der Waals surface area contributed by atoms with Crippen molar-refractivity contribution in [2.45, 2.75) is 25.8 Å². The van der Waals surface area contributed by atoms with Crippen LogP contribution in [-0.4, -0.2) is 32.3 Å². The third-order valence-corrected chi connectivity index (χ3v) is 4.50. The fraction of sp³-hybridized carbons (Fsp3) is 0.381. The maximum atomic E-state index is 14.0. The van der Waals surface area contributed by atoms with Crippen molar-refractivity contribution in [2.24, 2.45) is 11.7 Å². The summed E-state index contributed by atoms with van der Waals surface area (Å²) in [4.78, 5) is 12.0. The van der Waals surface area contributed by atoms with Crippen molar-refractivity contribution in [3.63, 3.8) is 0 Å². The third kappa shape index (κ3) is 6.31. The Balaban J connectivity index is 2.02. The van der Waals surface area contributed by atoms with Crippen LogP contribution in [0.3, 0.4) is 0 Å². The van der Waals surface area contributed by atoms with Gasteiger partial charge in [0.1, 0.15) is 5.82 Å². The van der Waals surface area contributed by atoms with Gasteiger partial charge >= 0.3 is 5.97 Å². The normalized spacial score (nSPS) is 13.2. The average molecular weight is 394 g/mol. The van der Waals surface area contributed by atoms with Gasteiger partial charge in [-0.05, 0) is 49.1 Å². The molecule has 4 nitrogen and oxygen atoms in total. The zero-order chi connectivity index (χ0) is 19.8. The van der Waals surface area contributed by atoms with Crippen LogP contribution in [-0.2, 0) is 20.7 Å². The second kappa shape index (κ2) is 10.4. The molecule has 2 aromatic carbocycles. The monoisotopic (exact) mass is 393 g/mol. The summed E-state index contributed by atoms with van der Waals surface area (Å²) in [6.45, 7) is 2.38. The topological polar surface area (TPSA) is 61.5 Å². The molecule has 0 saturated carbocycles. The number of nitrogens with two attached hydrogens (primary N) is 1. The number of carbonyl (C=O) groups is 1. The van der Waals surface area contributed by atoms with E-state index < -0.39 is 0 Å². The molecule has 6 heteroatoms. The van der Waals surface area contributed by atoms with Crippen LogP contribution in [0.5, 0.6) is 0 Å². The van der Waals surface area contributed by atoms with E-state index in [0.29, 0.717) is 30.0 Å². The molecule has 27 heavy (non-hydrogen) atoms. The van der Waals surface area contributed by atoms with E-state index in [9.17, 15) is 9.18 Å². The van der Waals surface area contributed by atoms with Crippen molar-refractivity contribution in [1.82, 2.24) is 0 Å². The van der Waals surface area contributed by atoms with Gasteiger partial charge in [-0.2, -0.15) is 0 Å². The molecule has 2 aromatic rings. The summed E-state index contributed by atoms with van der Waals surface area (Å²) in [5, 5.41) is 0.487. The highest BCUT2D eigenvalue weighted by molar-refractivity contribution is 6.30. The Hall–Kier alpha value is -1.95. The molecule has 2 N–H and O–H groups in total. The minimum absolute atomic E-state index is 0.219. The van der Waals surface area contributed by atoms with Crippen molar-refractivity contribution in [1.29, 1.82) is 0 Å². The quantitative estimate of drug-likeness (QED) is 0.647. The van der Waals surface area contributed by atoms with Gasteiger partial charge < -0.3 is 15.2 Å². The summed E-state index contributed by atoms with van der Waals surface area (Å²) in [7, 11) is 1.55. The average Bonchev–Trinajstić information content (AvgIpc) is 2.64. The first-order valence-corrected chi connectivity index (χ1v) is 9.27. The number of ether oxygens (including phenoxy) is 2. The van der Waals surface area contributed by atoms with Gasteiger partial charge in [0.25, 0.3) is 0 Å². The lowest BCUT2D eigenvalue weighted by Crippen LogP contribution is -2.32. The number of carbonyl (C=O) groups excluding carboxylic acids is 1. The lowest BCUT2D eigenvalue weighted by Gasteiger charge is -2.19. The molecule has 0 unspecified atom stereocenters. The smallest absolute Gasteiger partial charge is 0.311 e. The summed E-state index contributed by atoms with van der Waals surface area (Å²) in [5.41, 5.74) is 8.44. The van der Waals surface area contributed by atoms with E-state index in [1.54, 1.807) is 20.1 Å². The Morgan fingerprint density at radius 2 is 1.93 bits per heavy atom. The van der Waals surface area contributed by atoms with E-state index in [-0.39, 0.29) is 30.4 Å². The maximum Gasteiger partial charge on any atom is 0.311 e. The van der Waals surface area contributed by atoms with Gasteiger partial charge in [-0.15, -0.1) is 0 Å². The fourth-order valence-electron chi connectivity index (χ4n) is 2.98. The van der Waals surface area contributed by atoms with Crippen molar-refractivity contribution >= 4 is 17.6 Å². The largest absolute Gasteiger partial charge is 0.466 e. The highest BCUT2D eigenvalue weighted by Gasteiger charge is 2.22. The first-order valence-electron chi connectivity index (χ1n) is 8.90. The van der Waals surface area contributed by atoms with E-state index >= 15 is 0 Å². The van der Waals surface area contributed by atoms with Gasteiger partial charge in [-0.1, -0.05) is 35.9 Å². The van der Waals surface area contributed by atoms with Crippen LogP contribution in [0.4, 0.5) is 4.39 Å². The van der Waals surface area contributed by atoms with E-state index in [1.165, 1.54) is 12.1 Å². The van der Waals surface area contributed by atoms with Gasteiger partial charge in [0.05, 0.1) is 19.1 Å². The number of hydrogen-bond donors (Lipinski definition) is 1.